The number of rotatable bonds is 3. The number of benzene rings is 4. The average molecular weight is 394 g/mol. The van der Waals surface area contributed by atoms with Gasteiger partial charge in [-0.2, -0.15) is 0 Å². The first kappa shape index (κ1) is 19.6. The Morgan fingerprint density at radius 3 is 1.69 bits per heavy atom. The van der Waals surface area contributed by atoms with Crippen LogP contribution >= 0.6 is 9.24 Å². The van der Waals surface area contributed by atoms with Crippen molar-refractivity contribution in [2.45, 2.75) is 27.7 Å². The van der Waals surface area contributed by atoms with E-state index in [2.05, 4.69) is 116 Å². The fourth-order valence-corrected chi connectivity index (χ4v) is 4.77. The molecular formula is C28H27P. The normalized spacial score (nSPS) is 10.9. The summed E-state index contributed by atoms with van der Waals surface area (Å²) in [6.45, 7) is 8.87. The summed E-state index contributed by atoms with van der Waals surface area (Å²) in [4.78, 5) is 0. The van der Waals surface area contributed by atoms with Crippen LogP contribution in [0.3, 0.4) is 0 Å². The van der Waals surface area contributed by atoms with E-state index in [1.807, 2.05) is 0 Å². The van der Waals surface area contributed by atoms with E-state index in [-0.39, 0.29) is 0 Å². The van der Waals surface area contributed by atoms with Gasteiger partial charge < -0.3 is 0 Å². The van der Waals surface area contributed by atoms with Crippen molar-refractivity contribution in [2.75, 3.05) is 0 Å². The Kier molecular flexibility index (Phi) is 5.39. The molecule has 4 rings (SSSR count). The minimum atomic E-state index is 1.26. The van der Waals surface area contributed by atoms with Crippen molar-refractivity contribution in [1.29, 1.82) is 0 Å². The van der Waals surface area contributed by atoms with Crippen LogP contribution < -0.4 is 5.30 Å². The number of hydrogen-bond donors (Lipinski definition) is 0. The summed E-state index contributed by atoms with van der Waals surface area (Å²) in [6.07, 6.45) is 0. The van der Waals surface area contributed by atoms with Crippen molar-refractivity contribution in [3.8, 4) is 33.4 Å². The van der Waals surface area contributed by atoms with Crippen molar-refractivity contribution in [2.24, 2.45) is 0 Å². The molecule has 0 radical (unpaired) electrons. The van der Waals surface area contributed by atoms with E-state index < -0.39 is 0 Å². The summed E-state index contributed by atoms with van der Waals surface area (Å²) >= 11 is 0. The summed E-state index contributed by atoms with van der Waals surface area (Å²) in [6, 6.07) is 28.5. The van der Waals surface area contributed by atoms with Crippen LogP contribution in [0.5, 0.6) is 0 Å². The summed E-state index contributed by atoms with van der Waals surface area (Å²) in [5.74, 6) is 0. The SMILES string of the molecule is Cc1cc(C)c(-c2c(C)cc(C)c(P)c2-c2ccccc2)c(-c2ccccc2)c1. The molecule has 29 heavy (non-hydrogen) atoms. The predicted octanol–water partition coefficient (Wildman–Crippen LogP) is 7.42. The quantitative estimate of drug-likeness (QED) is 0.317. The molecule has 0 spiro atoms. The lowest BCUT2D eigenvalue weighted by atomic mass is 9.83. The first-order chi connectivity index (χ1) is 14.0. The zero-order chi connectivity index (χ0) is 20.5. The van der Waals surface area contributed by atoms with Crippen molar-refractivity contribution >= 4 is 14.5 Å². The molecule has 1 unspecified atom stereocenters. The van der Waals surface area contributed by atoms with Gasteiger partial charge >= 0.3 is 0 Å². The van der Waals surface area contributed by atoms with Gasteiger partial charge in [-0.1, -0.05) is 84.4 Å². The number of hydrogen-bond acceptors (Lipinski definition) is 0. The Hall–Kier alpha value is -2.69. The summed E-state index contributed by atoms with van der Waals surface area (Å²) in [5.41, 5.74) is 13.0. The second kappa shape index (κ2) is 7.97. The van der Waals surface area contributed by atoms with Crippen LogP contribution in [0.4, 0.5) is 0 Å². The maximum Gasteiger partial charge on any atom is -0.00280 e. The van der Waals surface area contributed by atoms with Crippen LogP contribution in [-0.4, -0.2) is 0 Å². The minimum absolute atomic E-state index is 1.26. The molecule has 0 nitrogen and oxygen atoms in total. The highest BCUT2D eigenvalue weighted by molar-refractivity contribution is 7.28. The molecule has 0 bridgehead atoms. The van der Waals surface area contributed by atoms with Gasteiger partial charge in [0, 0.05) is 0 Å². The third-order valence-corrected chi connectivity index (χ3v) is 6.39. The van der Waals surface area contributed by atoms with E-state index in [1.54, 1.807) is 0 Å². The van der Waals surface area contributed by atoms with Crippen molar-refractivity contribution < 1.29 is 0 Å². The second-order valence-corrected chi connectivity index (χ2v) is 8.49. The molecule has 4 aromatic carbocycles. The van der Waals surface area contributed by atoms with Crippen molar-refractivity contribution in [3.63, 3.8) is 0 Å². The molecule has 0 aliphatic rings. The van der Waals surface area contributed by atoms with Gasteiger partial charge in [0.05, 0.1) is 0 Å². The third-order valence-electron chi connectivity index (χ3n) is 5.65. The van der Waals surface area contributed by atoms with Gasteiger partial charge in [-0.15, -0.1) is 9.24 Å². The molecule has 144 valence electrons. The Morgan fingerprint density at radius 2 is 1.07 bits per heavy atom. The average Bonchev–Trinajstić information content (AvgIpc) is 2.72. The first-order valence-electron chi connectivity index (χ1n) is 10.1. The summed E-state index contributed by atoms with van der Waals surface area (Å²) < 4.78 is 0. The van der Waals surface area contributed by atoms with Crippen LogP contribution in [0.25, 0.3) is 33.4 Å². The molecule has 0 saturated heterocycles. The fraction of sp³-hybridized carbons (Fsp3) is 0.143. The highest BCUT2D eigenvalue weighted by atomic mass is 31.0. The van der Waals surface area contributed by atoms with Crippen LogP contribution in [-0.2, 0) is 0 Å². The van der Waals surface area contributed by atoms with Gasteiger partial charge in [0.1, 0.15) is 0 Å². The third kappa shape index (κ3) is 3.66. The standard InChI is InChI=1S/C28H27P/c1-18-15-19(2)25(24(16-18)22-11-7-5-8-12-22)26-20(3)17-21(4)28(29)27(26)23-13-9-6-10-14-23/h5-17H,29H2,1-4H3. The van der Waals surface area contributed by atoms with E-state index in [4.69, 9.17) is 0 Å². The van der Waals surface area contributed by atoms with Crippen LogP contribution in [0.2, 0.25) is 0 Å². The largest absolute Gasteiger partial charge is 0.105 e. The molecule has 0 aliphatic heterocycles. The predicted molar refractivity (Wildman–Crippen MR) is 131 cm³/mol. The van der Waals surface area contributed by atoms with Crippen LogP contribution in [0, 0.1) is 27.7 Å². The molecule has 1 atom stereocenters. The van der Waals surface area contributed by atoms with Gasteiger partial charge in [-0.25, -0.2) is 0 Å². The lowest BCUT2D eigenvalue weighted by molar-refractivity contribution is 1.35. The summed E-state index contributed by atoms with van der Waals surface area (Å²) in [5, 5.41) is 1.27. The maximum atomic E-state index is 3.00. The second-order valence-electron chi connectivity index (χ2n) is 7.91. The smallest absolute Gasteiger partial charge is 0.00280 e. The van der Waals surface area contributed by atoms with Gasteiger partial charge in [-0.05, 0) is 83.1 Å². The van der Waals surface area contributed by atoms with E-state index in [0.717, 1.165) is 0 Å². The van der Waals surface area contributed by atoms with Crippen LogP contribution in [0.1, 0.15) is 22.3 Å². The molecule has 1 heteroatoms. The molecule has 0 amide bonds. The molecule has 0 saturated carbocycles. The van der Waals surface area contributed by atoms with Crippen LogP contribution in [0.15, 0.2) is 78.9 Å². The molecular weight excluding hydrogens is 367 g/mol. The van der Waals surface area contributed by atoms with Gasteiger partial charge in [0.25, 0.3) is 0 Å². The number of aryl methyl sites for hydroxylation is 4. The lowest BCUT2D eigenvalue weighted by Gasteiger charge is -2.23. The zero-order valence-electron chi connectivity index (χ0n) is 17.6. The molecule has 0 N–H and O–H groups in total. The van der Waals surface area contributed by atoms with Crippen molar-refractivity contribution in [1.82, 2.24) is 0 Å². The van der Waals surface area contributed by atoms with E-state index in [9.17, 15) is 0 Å². The molecule has 0 aromatic heterocycles. The van der Waals surface area contributed by atoms with Gasteiger partial charge in [0.2, 0.25) is 0 Å². The maximum absolute atomic E-state index is 3.00. The topological polar surface area (TPSA) is 0 Å². The Bertz CT molecular complexity index is 1170. The summed E-state index contributed by atoms with van der Waals surface area (Å²) in [7, 11) is 3.00. The molecule has 0 aliphatic carbocycles. The minimum Gasteiger partial charge on any atom is -0.105 e. The zero-order valence-corrected chi connectivity index (χ0v) is 18.7. The highest BCUT2D eigenvalue weighted by Gasteiger charge is 2.20. The molecule has 0 fully saturated rings. The fourth-order valence-electron chi connectivity index (χ4n) is 4.38. The van der Waals surface area contributed by atoms with E-state index in [0.29, 0.717) is 0 Å². The first-order valence-corrected chi connectivity index (χ1v) is 10.7. The van der Waals surface area contributed by atoms with E-state index in [1.165, 1.54) is 60.9 Å². The monoisotopic (exact) mass is 394 g/mol. The van der Waals surface area contributed by atoms with E-state index >= 15 is 0 Å². The Labute approximate surface area is 176 Å². The Balaban J connectivity index is 2.14. The lowest BCUT2D eigenvalue weighted by Crippen LogP contribution is -2.07. The highest BCUT2D eigenvalue weighted by Crippen LogP contribution is 2.42. The molecule has 0 heterocycles. The van der Waals surface area contributed by atoms with Gasteiger partial charge in [-0.3, -0.25) is 0 Å². The Morgan fingerprint density at radius 1 is 0.517 bits per heavy atom. The van der Waals surface area contributed by atoms with Gasteiger partial charge in [0.15, 0.2) is 0 Å². The van der Waals surface area contributed by atoms with Crippen molar-refractivity contribution in [3.05, 3.63) is 101 Å². The molecule has 4 aromatic rings.